The molecule has 0 aromatic heterocycles. The van der Waals surface area contributed by atoms with E-state index in [-0.39, 0.29) is 33.2 Å². The molecule has 108 valence electrons. The molecule has 0 heterocycles. The van der Waals surface area contributed by atoms with Gasteiger partial charge in [0.25, 0.3) is 0 Å². The fourth-order valence-electron chi connectivity index (χ4n) is 1.25. The highest BCUT2D eigenvalue weighted by atomic mass is 35.5. The van der Waals surface area contributed by atoms with E-state index in [1.54, 1.807) is 0 Å². The van der Waals surface area contributed by atoms with Gasteiger partial charge in [0.2, 0.25) is 10.0 Å². The van der Waals surface area contributed by atoms with E-state index in [0.717, 1.165) is 0 Å². The summed E-state index contributed by atoms with van der Waals surface area (Å²) in [7, 11) is 0.0285. The molecule has 1 aromatic rings. The largest absolute Gasteiger partial charge is 0.396 e. The van der Waals surface area contributed by atoms with Crippen molar-refractivity contribution in [3.8, 4) is 0 Å². The Morgan fingerprint density at radius 1 is 1.37 bits per heavy atom. The van der Waals surface area contributed by atoms with Gasteiger partial charge in [0, 0.05) is 12.6 Å². The Hall–Kier alpha value is -0.530. The molecule has 0 amide bonds. The van der Waals surface area contributed by atoms with Crippen molar-refractivity contribution >= 4 is 38.9 Å². The lowest BCUT2D eigenvalue weighted by atomic mass is 10.3. The van der Waals surface area contributed by atoms with Crippen molar-refractivity contribution in [3.63, 3.8) is 0 Å². The lowest BCUT2D eigenvalue weighted by Crippen LogP contribution is -2.38. The highest BCUT2D eigenvalue weighted by Gasteiger charge is 2.21. The molecule has 8 heteroatoms. The quantitative estimate of drug-likeness (QED) is 0.809. The van der Waals surface area contributed by atoms with Gasteiger partial charge in [-0.25, -0.2) is 13.1 Å². The summed E-state index contributed by atoms with van der Waals surface area (Å²) in [5, 5.41) is 0.170. The van der Waals surface area contributed by atoms with Crippen LogP contribution in [0.5, 0.6) is 0 Å². The first-order chi connectivity index (χ1) is 8.66. The summed E-state index contributed by atoms with van der Waals surface area (Å²) in [4.78, 5) is 1.84. The van der Waals surface area contributed by atoms with Gasteiger partial charge >= 0.3 is 0 Å². The van der Waals surface area contributed by atoms with Crippen molar-refractivity contribution in [1.82, 2.24) is 9.62 Å². The number of nitrogen functional groups attached to an aromatic ring is 1. The van der Waals surface area contributed by atoms with Crippen molar-refractivity contribution in [2.75, 3.05) is 26.4 Å². The van der Waals surface area contributed by atoms with Crippen LogP contribution >= 0.6 is 23.2 Å². The van der Waals surface area contributed by atoms with Crippen molar-refractivity contribution in [2.24, 2.45) is 0 Å². The summed E-state index contributed by atoms with van der Waals surface area (Å²) in [6.07, 6.45) is 0. The number of halogens is 2. The molecule has 19 heavy (non-hydrogen) atoms. The minimum atomic E-state index is -3.71. The third kappa shape index (κ3) is 3.97. The molecule has 0 radical (unpaired) electrons. The van der Waals surface area contributed by atoms with Crippen LogP contribution in [0.3, 0.4) is 0 Å². The molecular formula is C11H17Cl2N3O2S. The summed E-state index contributed by atoms with van der Waals surface area (Å²) in [5.74, 6) is 0. The maximum atomic E-state index is 12.1. The van der Waals surface area contributed by atoms with Crippen LogP contribution < -0.4 is 10.5 Å². The molecule has 0 spiro atoms. The Bertz CT molecular complexity index is 561. The topological polar surface area (TPSA) is 75.4 Å². The zero-order valence-corrected chi connectivity index (χ0v) is 13.3. The molecule has 0 saturated heterocycles. The van der Waals surface area contributed by atoms with Crippen molar-refractivity contribution in [2.45, 2.75) is 17.9 Å². The lowest BCUT2D eigenvalue weighted by molar-refractivity contribution is 0.314. The molecule has 0 aliphatic carbocycles. The van der Waals surface area contributed by atoms with E-state index < -0.39 is 10.0 Å². The number of benzene rings is 1. The van der Waals surface area contributed by atoms with E-state index in [4.69, 9.17) is 28.9 Å². The van der Waals surface area contributed by atoms with Crippen LogP contribution in [-0.4, -0.2) is 40.0 Å². The van der Waals surface area contributed by atoms with E-state index in [9.17, 15) is 8.42 Å². The van der Waals surface area contributed by atoms with E-state index >= 15 is 0 Å². The number of likely N-dealkylation sites (N-methyl/N-ethyl adjacent to an activating group) is 1. The van der Waals surface area contributed by atoms with Gasteiger partial charge in [-0.3, -0.25) is 0 Å². The molecule has 5 nitrogen and oxygen atoms in total. The number of hydrogen-bond donors (Lipinski definition) is 2. The van der Waals surface area contributed by atoms with Gasteiger partial charge < -0.3 is 10.6 Å². The van der Waals surface area contributed by atoms with Crippen molar-refractivity contribution in [3.05, 3.63) is 22.2 Å². The summed E-state index contributed by atoms with van der Waals surface area (Å²) in [6, 6.07) is 2.80. The Morgan fingerprint density at radius 2 is 1.95 bits per heavy atom. The number of nitrogens with one attached hydrogen (secondary N) is 1. The van der Waals surface area contributed by atoms with E-state index in [1.165, 1.54) is 12.1 Å². The first kappa shape index (κ1) is 16.5. The van der Waals surface area contributed by atoms with Gasteiger partial charge in [-0.1, -0.05) is 23.2 Å². The summed E-state index contributed by atoms with van der Waals surface area (Å²) in [6.45, 7) is 2.18. The fourth-order valence-corrected chi connectivity index (χ4v) is 3.13. The van der Waals surface area contributed by atoms with Crippen LogP contribution in [0, 0.1) is 0 Å². The smallest absolute Gasteiger partial charge is 0.242 e. The second kappa shape index (κ2) is 6.28. The Morgan fingerprint density at radius 3 is 2.47 bits per heavy atom. The van der Waals surface area contributed by atoms with Gasteiger partial charge in [0.15, 0.2) is 0 Å². The first-order valence-corrected chi connectivity index (χ1v) is 7.80. The van der Waals surface area contributed by atoms with Gasteiger partial charge in [0.05, 0.1) is 15.7 Å². The SMILES string of the molecule is CC(CNS(=O)(=O)c1ccc(Cl)c(N)c1Cl)N(C)C. The molecule has 0 bridgehead atoms. The Labute approximate surface area is 123 Å². The maximum Gasteiger partial charge on any atom is 0.242 e. The third-order valence-corrected chi connectivity index (χ3v) is 5.15. The average Bonchev–Trinajstić information content (AvgIpc) is 2.32. The predicted molar refractivity (Wildman–Crippen MR) is 79.2 cm³/mol. The second-order valence-corrected chi connectivity index (χ2v) is 6.96. The lowest BCUT2D eigenvalue weighted by Gasteiger charge is -2.20. The summed E-state index contributed by atoms with van der Waals surface area (Å²) < 4.78 is 26.8. The number of sulfonamides is 1. The highest BCUT2D eigenvalue weighted by Crippen LogP contribution is 2.32. The molecule has 1 atom stereocenters. The zero-order valence-electron chi connectivity index (χ0n) is 10.9. The molecule has 3 N–H and O–H groups in total. The number of hydrogen-bond acceptors (Lipinski definition) is 4. The molecular weight excluding hydrogens is 309 g/mol. The van der Waals surface area contributed by atoms with Crippen LogP contribution in [0.25, 0.3) is 0 Å². The van der Waals surface area contributed by atoms with Crippen LogP contribution in [0.15, 0.2) is 17.0 Å². The van der Waals surface area contributed by atoms with Crippen LogP contribution in [0.4, 0.5) is 5.69 Å². The minimum Gasteiger partial charge on any atom is -0.396 e. The van der Waals surface area contributed by atoms with Crippen LogP contribution in [-0.2, 0) is 10.0 Å². The van der Waals surface area contributed by atoms with Gasteiger partial charge in [0.1, 0.15) is 4.90 Å². The maximum absolute atomic E-state index is 12.1. The molecule has 0 aliphatic rings. The van der Waals surface area contributed by atoms with E-state index in [2.05, 4.69) is 4.72 Å². The molecule has 1 rings (SSSR count). The molecule has 0 aliphatic heterocycles. The monoisotopic (exact) mass is 325 g/mol. The van der Waals surface area contributed by atoms with Gasteiger partial charge in [-0.2, -0.15) is 0 Å². The highest BCUT2D eigenvalue weighted by molar-refractivity contribution is 7.89. The van der Waals surface area contributed by atoms with Crippen molar-refractivity contribution < 1.29 is 8.42 Å². The number of rotatable bonds is 5. The Balaban J connectivity index is 2.99. The zero-order chi connectivity index (χ0) is 14.8. The number of nitrogens with zero attached hydrogens (tertiary/aromatic N) is 1. The standard InChI is InChI=1S/C11H17Cl2N3O2S/c1-7(16(2)3)6-15-19(17,18)9-5-4-8(12)11(14)10(9)13/h4-5,7,15H,6,14H2,1-3H3. The number of anilines is 1. The first-order valence-electron chi connectivity index (χ1n) is 5.56. The normalized spacial score (nSPS) is 13.8. The summed E-state index contributed by atoms with van der Waals surface area (Å²) >= 11 is 11.7. The Kier molecular flexibility index (Phi) is 5.46. The van der Waals surface area contributed by atoms with Gasteiger partial charge in [-0.05, 0) is 33.2 Å². The fraction of sp³-hybridized carbons (Fsp3) is 0.455. The van der Waals surface area contributed by atoms with Gasteiger partial charge in [-0.15, -0.1) is 0 Å². The number of nitrogens with two attached hydrogens (primary N) is 1. The minimum absolute atomic E-state index is 0.0539. The predicted octanol–water partition coefficient (Wildman–Crippen LogP) is 1.80. The second-order valence-electron chi connectivity index (χ2n) is 4.44. The van der Waals surface area contributed by atoms with E-state index in [1.807, 2.05) is 25.9 Å². The molecule has 0 fully saturated rings. The molecule has 0 saturated carbocycles. The third-order valence-electron chi connectivity index (χ3n) is 2.83. The van der Waals surface area contributed by atoms with Crippen LogP contribution in [0.2, 0.25) is 10.0 Å². The summed E-state index contributed by atoms with van der Waals surface area (Å²) in [5.41, 5.74) is 5.68. The average molecular weight is 326 g/mol. The van der Waals surface area contributed by atoms with Crippen molar-refractivity contribution in [1.29, 1.82) is 0 Å². The molecule has 1 aromatic carbocycles. The van der Waals surface area contributed by atoms with E-state index in [0.29, 0.717) is 0 Å². The van der Waals surface area contributed by atoms with Crippen LogP contribution in [0.1, 0.15) is 6.92 Å². The molecule has 1 unspecified atom stereocenters.